The molecule has 23 heavy (non-hydrogen) atoms. The van der Waals surface area contributed by atoms with Gasteiger partial charge in [0.25, 0.3) is 0 Å². The predicted molar refractivity (Wildman–Crippen MR) is 104 cm³/mol. The Hall–Kier alpha value is -0.603. The Kier molecular flexibility index (Phi) is 5.98. The van der Waals surface area contributed by atoms with Crippen LogP contribution in [0.1, 0.15) is 68.4 Å². The summed E-state index contributed by atoms with van der Waals surface area (Å²) in [6.45, 7) is 7.85. The standard InChI is InChI=1S/C21H35NSi/c1-23(2,18-22-15-7-4-8-16-22)17-19-11-13-21(14-12-19)20-9-5-3-6-10-20/h11-14,20H,3-10,15-18H2,1-2H3. The molecule has 0 amide bonds. The first-order valence-electron chi connectivity index (χ1n) is 9.94. The third-order valence-electron chi connectivity index (χ3n) is 5.84. The predicted octanol–water partition coefficient (Wildman–Crippen LogP) is 5.55. The van der Waals surface area contributed by atoms with E-state index in [0.717, 1.165) is 5.92 Å². The molecule has 2 aliphatic rings. The highest BCUT2D eigenvalue weighted by atomic mass is 28.3. The summed E-state index contributed by atoms with van der Waals surface area (Å²) in [7, 11) is -1.16. The lowest BCUT2D eigenvalue weighted by molar-refractivity contribution is 0.258. The van der Waals surface area contributed by atoms with Crippen LogP contribution in [-0.4, -0.2) is 32.2 Å². The van der Waals surface area contributed by atoms with E-state index in [0.29, 0.717) is 0 Å². The Labute approximate surface area is 144 Å². The lowest BCUT2D eigenvalue weighted by atomic mass is 9.84. The van der Waals surface area contributed by atoms with E-state index in [1.54, 1.807) is 11.1 Å². The molecule has 1 heterocycles. The highest BCUT2D eigenvalue weighted by Crippen LogP contribution is 2.32. The van der Waals surface area contributed by atoms with Crippen molar-refractivity contribution in [2.45, 2.75) is 76.4 Å². The molecular formula is C21H35NSi. The number of nitrogens with zero attached hydrogens (tertiary/aromatic N) is 1. The lowest BCUT2D eigenvalue weighted by Crippen LogP contribution is -2.46. The van der Waals surface area contributed by atoms with Gasteiger partial charge in [0.15, 0.2) is 0 Å². The van der Waals surface area contributed by atoms with Gasteiger partial charge in [-0.1, -0.05) is 68.6 Å². The normalized spacial score (nSPS) is 21.5. The van der Waals surface area contributed by atoms with Crippen LogP contribution in [0.15, 0.2) is 24.3 Å². The minimum atomic E-state index is -1.16. The fourth-order valence-corrected chi connectivity index (χ4v) is 7.65. The van der Waals surface area contributed by atoms with E-state index in [4.69, 9.17) is 0 Å². The van der Waals surface area contributed by atoms with E-state index in [-0.39, 0.29) is 0 Å². The van der Waals surface area contributed by atoms with Crippen molar-refractivity contribution in [3.63, 3.8) is 0 Å². The number of piperidine rings is 1. The topological polar surface area (TPSA) is 3.24 Å². The maximum absolute atomic E-state index is 2.74. The van der Waals surface area contributed by atoms with E-state index < -0.39 is 8.07 Å². The largest absolute Gasteiger partial charge is 0.306 e. The van der Waals surface area contributed by atoms with Gasteiger partial charge in [0, 0.05) is 0 Å². The van der Waals surface area contributed by atoms with Crippen molar-refractivity contribution >= 4 is 8.07 Å². The quantitative estimate of drug-likeness (QED) is 0.640. The van der Waals surface area contributed by atoms with Gasteiger partial charge >= 0.3 is 0 Å². The average molecular weight is 330 g/mol. The van der Waals surface area contributed by atoms with Crippen LogP contribution in [-0.2, 0) is 6.04 Å². The fourth-order valence-electron chi connectivity index (χ4n) is 4.67. The van der Waals surface area contributed by atoms with Crippen LogP contribution in [0, 0.1) is 0 Å². The summed E-state index contributed by atoms with van der Waals surface area (Å²) in [6, 6.07) is 11.1. The molecular weight excluding hydrogens is 294 g/mol. The van der Waals surface area contributed by atoms with Gasteiger partial charge in [-0.15, -0.1) is 0 Å². The molecule has 2 fully saturated rings. The van der Waals surface area contributed by atoms with E-state index in [1.165, 1.54) is 76.7 Å². The van der Waals surface area contributed by atoms with Gasteiger partial charge in [-0.2, -0.15) is 0 Å². The molecule has 0 spiro atoms. The Morgan fingerprint density at radius 2 is 1.48 bits per heavy atom. The molecule has 1 aromatic rings. The minimum absolute atomic E-state index is 0.844. The zero-order valence-corrected chi connectivity index (χ0v) is 16.3. The minimum Gasteiger partial charge on any atom is -0.306 e. The molecule has 2 heteroatoms. The molecule has 0 radical (unpaired) electrons. The molecule has 0 unspecified atom stereocenters. The summed E-state index contributed by atoms with van der Waals surface area (Å²) >= 11 is 0. The second kappa shape index (κ2) is 7.98. The van der Waals surface area contributed by atoms with E-state index in [2.05, 4.69) is 42.3 Å². The number of benzene rings is 1. The Morgan fingerprint density at radius 1 is 0.870 bits per heavy atom. The summed E-state index contributed by atoms with van der Waals surface area (Å²) in [5.74, 6) is 0.844. The smallest absolute Gasteiger partial charge is 0.0672 e. The van der Waals surface area contributed by atoms with Crippen LogP contribution in [0.2, 0.25) is 13.1 Å². The third-order valence-corrected chi connectivity index (χ3v) is 8.51. The summed E-state index contributed by atoms with van der Waals surface area (Å²) in [5, 5.41) is 0. The van der Waals surface area contributed by atoms with Gasteiger partial charge in [0.05, 0.1) is 8.07 Å². The Bertz CT molecular complexity index is 467. The second-order valence-corrected chi connectivity index (χ2v) is 13.8. The monoisotopic (exact) mass is 329 g/mol. The first kappa shape index (κ1) is 17.2. The molecule has 1 aliphatic heterocycles. The van der Waals surface area contributed by atoms with Crippen LogP contribution in [0.25, 0.3) is 0 Å². The molecule has 3 rings (SSSR count). The van der Waals surface area contributed by atoms with Crippen molar-refractivity contribution in [2.24, 2.45) is 0 Å². The van der Waals surface area contributed by atoms with Crippen LogP contribution in [0.5, 0.6) is 0 Å². The van der Waals surface area contributed by atoms with Crippen LogP contribution in [0.4, 0.5) is 0 Å². The van der Waals surface area contributed by atoms with Gasteiger partial charge in [0.2, 0.25) is 0 Å². The van der Waals surface area contributed by atoms with Crippen LogP contribution >= 0.6 is 0 Å². The molecule has 1 nitrogen and oxygen atoms in total. The molecule has 0 atom stereocenters. The van der Waals surface area contributed by atoms with Gasteiger partial charge in [-0.3, -0.25) is 0 Å². The molecule has 0 N–H and O–H groups in total. The first-order valence-corrected chi connectivity index (χ1v) is 13.4. The second-order valence-electron chi connectivity index (χ2n) is 8.75. The lowest BCUT2D eigenvalue weighted by Gasteiger charge is -2.34. The van der Waals surface area contributed by atoms with Crippen molar-refractivity contribution in [2.75, 3.05) is 19.3 Å². The summed E-state index contributed by atoms with van der Waals surface area (Å²) in [5.41, 5.74) is 3.18. The summed E-state index contributed by atoms with van der Waals surface area (Å²) in [4.78, 5) is 2.74. The molecule has 1 saturated carbocycles. The fraction of sp³-hybridized carbons (Fsp3) is 0.714. The van der Waals surface area contributed by atoms with Gasteiger partial charge in [-0.25, -0.2) is 0 Å². The highest BCUT2D eigenvalue weighted by Gasteiger charge is 2.25. The number of rotatable bonds is 5. The maximum atomic E-state index is 2.74. The third kappa shape index (κ3) is 5.19. The number of hydrogen-bond acceptors (Lipinski definition) is 1. The zero-order chi connectivity index (χ0) is 16.1. The van der Waals surface area contributed by atoms with Crippen molar-refractivity contribution in [3.05, 3.63) is 35.4 Å². The molecule has 1 saturated heterocycles. The zero-order valence-electron chi connectivity index (χ0n) is 15.3. The van der Waals surface area contributed by atoms with Crippen molar-refractivity contribution in [1.29, 1.82) is 0 Å². The summed E-state index contributed by atoms with van der Waals surface area (Å²) < 4.78 is 0. The van der Waals surface area contributed by atoms with E-state index in [9.17, 15) is 0 Å². The van der Waals surface area contributed by atoms with E-state index in [1.807, 2.05) is 0 Å². The van der Waals surface area contributed by atoms with Crippen molar-refractivity contribution < 1.29 is 0 Å². The molecule has 0 aromatic heterocycles. The number of hydrogen-bond donors (Lipinski definition) is 0. The van der Waals surface area contributed by atoms with Gasteiger partial charge in [-0.05, 0) is 62.5 Å². The Balaban J connectivity index is 1.55. The van der Waals surface area contributed by atoms with Crippen molar-refractivity contribution in [1.82, 2.24) is 4.90 Å². The van der Waals surface area contributed by atoms with Gasteiger partial charge in [0.1, 0.15) is 0 Å². The molecule has 1 aliphatic carbocycles. The first-order chi connectivity index (χ1) is 11.1. The molecule has 0 bridgehead atoms. The van der Waals surface area contributed by atoms with Crippen LogP contribution in [0.3, 0.4) is 0 Å². The average Bonchev–Trinajstić information content (AvgIpc) is 2.56. The van der Waals surface area contributed by atoms with E-state index >= 15 is 0 Å². The maximum Gasteiger partial charge on any atom is 0.0672 e. The van der Waals surface area contributed by atoms with Gasteiger partial charge < -0.3 is 4.90 Å². The highest BCUT2D eigenvalue weighted by molar-refractivity contribution is 6.77. The molecule has 128 valence electrons. The molecule has 1 aromatic carbocycles. The Morgan fingerprint density at radius 3 is 2.13 bits per heavy atom. The van der Waals surface area contributed by atoms with Crippen LogP contribution < -0.4 is 0 Å². The SMILES string of the molecule is C[Si](C)(Cc1ccc(C2CCCCC2)cc1)CN1CCCCC1. The number of likely N-dealkylation sites (tertiary alicyclic amines) is 1. The summed E-state index contributed by atoms with van der Waals surface area (Å²) in [6.07, 6.45) is 12.8. The van der Waals surface area contributed by atoms with Crippen molar-refractivity contribution in [3.8, 4) is 0 Å².